The van der Waals surface area contributed by atoms with E-state index in [-0.39, 0.29) is 6.61 Å². The van der Waals surface area contributed by atoms with E-state index in [1.165, 1.54) is 0 Å². The maximum absolute atomic E-state index is 10.6. The van der Waals surface area contributed by atoms with Crippen molar-refractivity contribution in [3.05, 3.63) is 0 Å². The van der Waals surface area contributed by atoms with E-state index in [1.54, 1.807) is 12.0 Å². The van der Waals surface area contributed by atoms with E-state index < -0.39 is 13.7 Å². The van der Waals surface area contributed by atoms with Crippen molar-refractivity contribution in [3.8, 4) is 0 Å². The van der Waals surface area contributed by atoms with Crippen molar-refractivity contribution in [3.63, 3.8) is 0 Å². The van der Waals surface area contributed by atoms with E-state index in [0.717, 1.165) is 6.92 Å². The monoisotopic (exact) mass is 167 g/mol. The van der Waals surface area contributed by atoms with Crippen LogP contribution in [0.5, 0.6) is 0 Å². The molecule has 0 aromatic heterocycles. The SMILES string of the molecule is CCOP(=O)(O)NC(C)=O. The predicted molar refractivity (Wildman–Crippen MR) is 35.3 cm³/mol. The number of rotatable bonds is 3. The average molecular weight is 167 g/mol. The van der Waals surface area contributed by atoms with Crippen molar-refractivity contribution in [1.82, 2.24) is 5.09 Å². The number of nitrogens with one attached hydrogen (secondary N) is 1. The molecule has 0 aromatic rings. The van der Waals surface area contributed by atoms with Crippen LogP contribution < -0.4 is 5.09 Å². The third kappa shape index (κ3) is 4.49. The summed E-state index contributed by atoms with van der Waals surface area (Å²) in [5.74, 6) is -0.584. The maximum atomic E-state index is 10.6. The molecule has 60 valence electrons. The Hall–Kier alpha value is -0.380. The highest BCUT2D eigenvalue weighted by Crippen LogP contribution is 2.35. The minimum absolute atomic E-state index is 0.0913. The molecule has 2 N–H and O–H groups in total. The van der Waals surface area contributed by atoms with E-state index in [9.17, 15) is 9.36 Å². The van der Waals surface area contributed by atoms with Gasteiger partial charge in [0.25, 0.3) is 0 Å². The van der Waals surface area contributed by atoms with Crippen LogP contribution in [0.2, 0.25) is 0 Å². The molecule has 5 nitrogen and oxygen atoms in total. The lowest BCUT2D eigenvalue weighted by Gasteiger charge is -2.09. The van der Waals surface area contributed by atoms with Gasteiger partial charge in [-0.15, -0.1) is 0 Å². The lowest BCUT2D eigenvalue weighted by atomic mass is 10.8. The summed E-state index contributed by atoms with van der Waals surface area (Å²) >= 11 is 0. The molecule has 10 heavy (non-hydrogen) atoms. The zero-order valence-electron chi connectivity index (χ0n) is 5.83. The molecule has 0 spiro atoms. The summed E-state index contributed by atoms with van der Waals surface area (Å²) in [5.41, 5.74) is 0. The average Bonchev–Trinajstić information content (AvgIpc) is 1.59. The third-order valence-electron chi connectivity index (χ3n) is 0.603. The summed E-state index contributed by atoms with van der Waals surface area (Å²) in [4.78, 5) is 18.9. The molecule has 0 radical (unpaired) electrons. The van der Waals surface area contributed by atoms with E-state index in [2.05, 4.69) is 4.52 Å². The van der Waals surface area contributed by atoms with Crippen LogP contribution in [-0.4, -0.2) is 17.4 Å². The van der Waals surface area contributed by atoms with Crippen LogP contribution in [0.25, 0.3) is 0 Å². The number of amides is 1. The quantitative estimate of drug-likeness (QED) is 0.591. The predicted octanol–water partition coefficient (Wildman–Crippen LogP) is 0.259. The third-order valence-corrected chi connectivity index (χ3v) is 1.81. The number of hydrogen-bond donors (Lipinski definition) is 2. The number of carbonyl (C=O) groups excluding carboxylic acids is 1. The van der Waals surface area contributed by atoms with Gasteiger partial charge in [0.15, 0.2) is 0 Å². The van der Waals surface area contributed by atoms with Gasteiger partial charge in [-0.25, -0.2) is 4.57 Å². The van der Waals surface area contributed by atoms with E-state index >= 15 is 0 Å². The molecule has 0 saturated carbocycles. The van der Waals surface area contributed by atoms with Crippen LogP contribution in [0, 0.1) is 0 Å². The van der Waals surface area contributed by atoms with Crippen molar-refractivity contribution in [1.29, 1.82) is 0 Å². The first-order valence-electron chi connectivity index (χ1n) is 2.74. The Morgan fingerprint density at radius 2 is 2.30 bits per heavy atom. The van der Waals surface area contributed by atoms with Gasteiger partial charge in [-0.1, -0.05) is 0 Å². The fraction of sp³-hybridized carbons (Fsp3) is 0.750. The fourth-order valence-electron chi connectivity index (χ4n) is 0.406. The van der Waals surface area contributed by atoms with Gasteiger partial charge in [0.05, 0.1) is 6.61 Å². The van der Waals surface area contributed by atoms with Crippen molar-refractivity contribution in [2.75, 3.05) is 6.61 Å². The summed E-state index contributed by atoms with van der Waals surface area (Å²) < 4.78 is 14.9. The second-order valence-electron chi connectivity index (χ2n) is 1.61. The summed E-state index contributed by atoms with van der Waals surface area (Å²) in [6.45, 7) is 2.79. The van der Waals surface area contributed by atoms with E-state index in [4.69, 9.17) is 4.89 Å². The van der Waals surface area contributed by atoms with Crippen LogP contribution in [0.1, 0.15) is 13.8 Å². The Kier molecular flexibility index (Phi) is 3.57. The lowest BCUT2D eigenvalue weighted by molar-refractivity contribution is -0.117. The second kappa shape index (κ2) is 3.71. The molecule has 1 unspecified atom stereocenters. The summed E-state index contributed by atoms with van der Waals surface area (Å²) in [5, 5.41) is 1.77. The highest BCUT2D eigenvalue weighted by molar-refractivity contribution is 7.51. The van der Waals surface area contributed by atoms with Gasteiger partial charge in [-0.2, -0.15) is 0 Å². The molecular formula is C4H10NO4P. The lowest BCUT2D eigenvalue weighted by Crippen LogP contribution is -2.17. The van der Waals surface area contributed by atoms with Gasteiger partial charge in [0.1, 0.15) is 0 Å². The molecule has 0 aromatic carbocycles. The maximum Gasteiger partial charge on any atom is 0.432 e. The Morgan fingerprint density at radius 3 is 2.60 bits per heavy atom. The van der Waals surface area contributed by atoms with Crippen LogP contribution in [-0.2, 0) is 13.9 Å². The van der Waals surface area contributed by atoms with Gasteiger partial charge >= 0.3 is 7.75 Å². The van der Waals surface area contributed by atoms with Gasteiger partial charge < -0.3 is 4.89 Å². The Balaban J connectivity index is 3.87. The topological polar surface area (TPSA) is 75.6 Å². The first kappa shape index (κ1) is 9.62. The molecule has 0 aliphatic rings. The molecule has 0 fully saturated rings. The van der Waals surface area contributed by atoms with Crippen LogP contribution >= 0.6 is 7.75 Å². The molecule has 1 amide bonds. The van der Waals surface area contributed by atoms with Gasteiger partial charge in [-0.3, -0.25) is 14.4 Å². The highest BCUT2D eigenvalue weighted by atomic mass is 31.2. The van der Waals surface area contributed by atoms with Crippen molar-refractivity contribution in [2.45, 2.75) is 13.8 Å². The second-order valence-corrected chi connectivity index (χ2v) is 3.13. The smallest absolute Gasteiger partial charge is 0.308 e. The molecule has 0 heterocycles. The molecule has 0 rings (SSSR count). The van der Waals surface area contributed by atoms with Gasteiger partial charge in [0, 0.05) is 6.92 Å². The Labute approximate surface area is 59.0 Å². The molecule has 0 aliphatic carbocycles. The Bertz CT molecular complexity index is 169. The molecule has 1 atom stereocenters. The number of carbonyl (C=O) groups is 1. The fourth-order valence-corrected chi connectivity index (χ4v) is 1.22. The largest absolute Gasteiger partial charge is 0.432 e. The first-order chi connectivity index (χ1) is 4.48. The van der Waals surface area contributed by atoms with Crippen molar-refractivity contribution >= 4 is 13.7 Å². The van der Waals surface area contributed by atoms with Crippen molar-refractivity contribution < 1.29 is 18.8 Å². The summed E-state index contributed by atoms with van der Waals surface area (Å²) in [6, 6.07) is 0. The molecule has 6 heteroatoms. The molecular weight excluding hydrogens is 157 g/mol. The van der Waals surface area contributed by atoms with E-state index in [1.807, 2.05) is 0 Å². The normalized spacial score (nSPS) is 15.9. The summed E-state index contributed by atoms with van der Waals surface area (Å²) in [6.07, 6.45) is 0. The van der Waals surface area contributed by atoms with Gasteiger partial charge in [-0.05, 0) is 6.92 Å². The minimum atomic E-state index is -3.85. The minimum Gasteiger partial charge on any atom is -0.308 e. The molecule has 0 saturated heterocycles. The molecule has 0 aliphatic heterocycles. The number of hydrogen-bond acceptors (Lipinski definition) is 3. The first-order valence-corrected chi connectivity index (χ1v) is 4.32. The van der Waals surface area contributed by atoms with Crippen LogP contribution in [0.4, 0.5) is 0 Å². The zero-order chi connectivity index (χ0) is 8.20. The molecule has 0 bridgehead atoms. The standard InChI is InChI=1S/C4H10NO4P/c1-3-9-10(7,8)5-4(2)6/h3H2,1-2H3,(H2,5,6,7,8). The van der Waals surface area contributed by atoms with Crippen LogP contribution in [0.15, 0.2) is 0 Å². The zero-order valence-corrected chi connectivity index (χ0v) is 6.72. The van der Waals surface area contributed by atoms with E-state index in [0.29, 0.717) is 0 Å². The van der Waals surface area contributed by atoms with Crippen molar-refractivity contribution in [2.24, 2.45) is 0 Å². The van der Waals surface area contributed by atoms with Gasteiger partial charge in [0.2, 0.25) is 5.91 Å². The van der Waals surface area contributed by atoms with Crippen LogP contribution in [0.3, 0.4) is 0 Å². The summed E-state index contributed by atoms with van der Waals surface area (Å²) in [7, 11) is -3.85. The highest BCUT2D eigenvalue weighted by Gasteiger charge is 2.18. The Morgan fingerprint density at radius 1 is 1.80 bits per heavy atom.